The zero-order valence-corrected chi connectivity index (χ0v) is 8.29. The van der Waals surface area contributed by atoms with Crippen LogP contribution in [0.25, 0.3) is 0 Å². The summed E-state index contributed by atoms with van der Waals surface area (Å²) >= 11 is 0. The Hall–Kier alpha value is -1.02. The molecule has 0 aliphatic rings. The first-order valence-corrected chi connectivity index (χ1v) is 4.70. The largest absolute Gasteiger partial charge is 0.494 e. The highest BCUT2D eigenvalue weighted by molar-refractivity contribution is 5.29. The van der Waals surface area contributed by atoms with E-state index in [4.69, 9.17) is 10.5 Å². The van der Waals surface area contributed by atoms with E-state index >= 15 is 0 Å². The molecule has 2 heteroatoms. The quantitative estimate of drug-likeness (QED) is 0.768. The van der Waals surface area contributed by atoms with Crippen molar-refractivity contribution in [1.29, 1.82) is 0 Å². The van der Waals surface area contributed by atoms with Crippen molar-refractivity contribution in [1.82, 2.24) is 0 Å². The van der Waals surface area contributed by atoms with Gasteiger partial charge in [0.05, 0.1) is 6.61 Å². The summed E-state index contributed by atoms with van der Waals surface area (Å²) in [6.45, 7) is 5.51. The predicted octanol–water partition coefficient (Wildman–Crippen LogP) is 2.15. The van der Waals surface area contributed by atoms with E-state index in [9.17, 15) is 0 Å². The number of hydrogen-bond acceptors (Lipinski definition) is 2. The van der Waals surface area contributed by atoms with Crippen LogP contribution in [0.15, 0.2) is 24.3 Å². The molecule has 0 unspecified atom stereocenters. The molecule has 1 atom stereocenters. The normalized spacial score (nSPS) is 12.5. The highest BCUT2D eigenvalue weighted by Gasteiger charge is 2.02. The molecule has 13 heavy (non-hydrogen) atoms. The van der Waals surface area contributed by atoms with Gasteiger partial charge in [-0.1, -0.05) is 19.1 Å². The van der Waals surface area contributed by atoms with Crippen LogP contribution in [0.4, 0.5) is 0 Å². The van der Waals surface area contributed by atoms with Gasteiger partial charge in [0.2, 0.25) is 0 Å². The van der Waals surface area contributed by atoms with Gasteiger partial charge in [-0.15, -0.1) is 0 Å². The van der Waals surface area contributed by atoms with E-state index in [1.165, 1.54) is 5.56 Å². The Morgan fingerprint density at radius 2 is 1.92 bits per heavy atom. The smallest absolute Gasteiger partial charge is 0.119 e. The van der Waals surface area contributed by atoms with Gasteiger partial charge in [0.15, 0.2) is 0 Å². The van der Waals surface area contributed by atoms with E-state index in [1.54, 1.807) is 0 Å². The van der Waals surface area contributed by atoms with Crippen LogP contribution in [0, 0.1) is 0 Å². The van der Waals surface area contributed by atoms with E-state index in [0.29, 0.717) is 19.1 Å². The van der Waals surface area contributed by atoms with Crippen molar-refractivity contribution in [3.63, 3.8) is 0 Å². The minimum absolute atomic E-state index is 0.427. The molecule has 2 nitrogen and oxygen atoms in total. The maximum Gasteiger partial charge on any atom is 0.119 e. The molecule has 1 aromatic rings. The highest BCUT2D eigenvalue weighted by atomic mass is 16.5. The van der Waals surface area contributed by atoms with Gasteiger partial charge < -0.3 is 10.5 Å². The van der Waals surface area contributed by atoms with Gasteiger partial charge in [0.25, 0.3) is 0 Å². The van der Waals surface area contributed by atoms with Crippen molar-refractivity contribution < 1.29 is 4.74 Å². The Kier molecular flexibility index (Phi) is 3.77. The van der Waals surface area contributed by atoms with Gasteiger partial charge in [0.1, 0.15) is 5.75 Å². The standard InChI is InChI=1S/C11H17NO/c1-3-13-11-6-4-10(5-7-11)9(2)8-12/h4-7,9H,3,8,12H2,1-2H3/t9-/m0/s1. The van der Waals surface area contributed by atoms with Crippen LogP contribution in [0.1, 0.15) is 25.3 Å². The van der Waals surface area contributed by atoms with Crippen LogP contribution >= 0.6 is 0 Å². The lowest BCUT2D eigenvalue weighted by atomic mass is 10.0. The number of hydrogen-bond donors (Lipinski definition) is 1. The lowest BCUT2D eigenvalue weighted by Gasteiger charge is -2.09. The maximum atomic E-state index is 5.57. The Morgan fingerprint density at radius 1 is 1.31 bits per heavy atom. The van der Waals surface area contributed by atoms with Crippen LogP contribution < -0.4 is 10.5 Å². The van der Waals surface area contributed by atoms with Crippen LogP contribution in [0.3, 0.4) is 0 Å². The van der Waals surface area contributed by atoms with Crippen molar-refractivity contribution >= 4 is 0 Å². The van der Waals surface area contributed by atoms with Gasteiger partial charge in [0, 0.05) is 0 Å². The molecule has 0 aliphatic carbocycles. The molecule has 72 valence electrons. The third-order valence-electron chi connectivity index (χ3n) is 2.11. The van der Waals surface area contributed by atoms with Gasteiger partial charge in [-0.05, 0) is 37.1 Å². The van der Waals surface area contributed by atoms with Crippen molar-refractivity contribution in [2.75, 3.05) is 13.2 Å². The predicted molar refractivity (Wildman–Crippen MR) is 55.1 cm³/mol. The molecule has 1 rings (SSSR count). The van der Waals surface area contributed by atoms with E-state index in [2.05, 4.69) is 19.1 Å². The number of nitrogens with two attached hydrogens (primary N) is 1. The average molecular weight is 179 g/mol. The molecule has 0 aromatic heterocycles. The van der Waals surface area contributed by atoms with Crippen molar-refractivity contribution in [2.24, 2.45) is 5.73 Å². The van der Waals surface area contributed by atoms with Crippen molar-refractivity contribution in [3.05, 3.63) is 29.8 Å². The molecule has 0 radical (unpaired) electrons. The summed E-state index contributed by atoms with van der Waals surface area (Å²) in [5.41, 5.74) is 6.84. The van der Waals surface area contributed by atoms with E-state index in [-0.39, 0.29) is 0 Å². The molecule has 0 saturated heterocycles. The number of ether oxygens (including phenoxy) is 1. The summed E-state index contributed by atoms with van der Waals surface area (Å²) in [5.74, 6) is 1.35. The fourth-order valence-electron chi connectivity index (χ4n) is 1.20. The van der Waals surface area contributed by atoms with Crippen LogP contribution in [0.5, 0.6) is 5.75 Å². The third kappa shape index (κ3) is 2.74. The molecule has 2 N–H and O–H groups in total. The van der Waals surface area contributed by atoms with Gasteiger partial charge in [-0.25, -0.2) is 0 Å². The lowest BCUT2D eigenvalue weighted by Crippen LogP contribution is -2.08. The zero-order chi connectivity index (χ0) is 9.68. The second-order valence-electron chi connectivity index (χ2n) is 3.14. The molecule has 0 bridgehead atoms. The summed E-state index contributed by atoms with van der Waals surface area (Å²) in [6, 6.07) is 8.13. The van der Waals surface area contributed by atoms with Crippen LogP contribution in [0.2, 0.25) is 0 Å². The third-order valence-corrected chi connectivity index (χ3v) is 2.11. The molecule has 1 aromatic carbocycles. The molecule has 0 fully saturated rings. The van der Waals surface area contributed by atoms with E-state index < -0.39 is 0 Å². The molecule has 0 amide bonds. The first-order chi connectivity index (χ1) is 6.27. The molecule has 0 spiro atoms. The topological polar surface area (TPSA) is 35.2 Å². The summed E-state index contributed by atoms with van der Waals surface area (Å²) < 4.78 is 5.34. The summed E-state index contributed by atoms with van der Waals surface area (Å²) in [7, 11) is 0. The molecule has 0 heterocycles. The SMILES string of the molecule is CCOc1ccc([C@@H](C)CN)cc1. The average Bonchev–Trinajstić information content (AvgIpc) is 2.18. The number of rotatable bonds is 4. The molecular formula is C11H17NO. The first kappa shape index (κ1) is 10.1. The van der Waals surface area contributed by atoms with E-state index in [1.807, 2.05) is 19.1 Å². The Balaban J connectivity index is 2.69. The zero-order valence-electron chi connectivity index (χ0n) is 8.29. The lowest BCUT2D eigenvalue weighted by molar-refractivity contribution is 0.340. The first-order valence-electron chi connectivity index (χ1n) is 4.70. The number of benzene rings is 1. The second-order valence-corrected chi connectivity index (χ2v) is 3.14. The van der Waals surface area contributed by atoms with Gasteiger partial charge in [-0.3, -0.25) is 0 Å². The summed E-state index contributed by atoms with van der Waals surface area (Å²) in [6.07, 6.45) is 0. The van der Waals surface area contributed by atoms with E-state index in [0.717, 1.165) is 5.75 Å². The second kappa shape index (κ2) is 4.87. The summed E-state index contributed by atoms with van der Waals surface area (Å²) in [4.78, 5) is 0. The monoisotopic (exact) mass is 179 g/mol. The minimum atomic E-state index is 0.427. The Morgan fingerprint density at radius 3 is 2.38 bits per heavy atom. The fourth-order valence-corrected chi connectivity index (χ4v) is 1.20. The fraction of sp³-hybridized carbons (Fsp3) is 0.455. The minimum Gasteiger partial charge on any atom is -0.494 e. The molecular weight excluding hydrogens is 162 g/mol. The van der Waals surface area contributed by atoms with Crippen molar-refractivity contribution in [2.45, 2.75) is 19.8 Å². The maximum absolute atomic E-state index is 5.57. The summed E-state index contributed by atoms with van der Waals surface area (Å²) in [5, 5.41) is 0. The van der Waals surface area contributed by atoms with Crippen LogP contribution in [-0.4, -0.2) is 13.2 Å². The van der Waals surface area contributed by atoms with Crippen molar-refractivity contribution in [3.8, 4) is 5.75 Å². The Labute approximate surface area is 79.7 Å². The highest BCUT2D eigenvalue weighted by Crippen LogP contribution is 2.18. The van der Waals surface area contributed by atoms with Crippen LogP contribution in [-0.2, 0) is 0 Å². The van der Waals surface area contributed by atoms with Gasteiger partial charge >= 0.3 is 0 Å². The molecule has 0 saturated carbocycles. The Bertz CT molecular complexity index is 243. The molecule has 0 aliphatic heterocycles. The van der Waals surface area contributed by atoms with Gasteiger partial charge in [-0.2, -0.15) is 0 Å².